The van der Waals surface area contributed by atoms with Gasteiger partial charge in [0.15, 0.2) is 4.80 Å². The lowest BCUT2D eigenvalue weighted by Crippen LogP contribution is -2.39. The molecule has 0 unspecified atom stereocenters. The van der Waals surface area contributed by atoms with E-state index in [2.05, 4.69) is 4.99 Å². The number of thiophene rings is 1. The number of benzene rings is 1. The Kier molecular flexibility index (Phi) is 5.77. The summed E-state index contributed by atoms with van der Waals surface area (Å²) in [4.78, 5) is 32.3. The third-order valence-corrected chi connectivity index (χ3v) is 6.69. The normalized spacial score (nSPS) is 16.6. The lowest BCUT2D eigenvalue weighted by molar-refractivity contribution is -0.143. The van der Waals surface area contributed by atoms with E-state index < -0.39 is 12.0 Å². The molecule has 2 aromatic heterocycles. The van der Waals surface area contributed by atoms with Gasteiger partial charge in [-0.15, -0.1) is 11.3 Å². The fourth-order valence-electron chi connectivity index (χ4n) is 3.32. The Morgan fingerprint density at radius 1 is 1.30 bits per heavy atom. The SMILES string of the molecule is CC1=C(C(=O)OC(C)C)[C@H](c2cccs2)n2c(s/c(=C/c3cccc(Cl)c3)c2=O)=N1. The van der Waals surface area contributed by atoms with E-state index in [1.165, 1.54) is 22.7 Å². The summed E-state index contributed by atoms with van der Waals surface area (Å²) in [6.45, 7) is 5.38. The minimum absolute atomic E-state index is 0.195. The highest BCUT2D eigenvalue weighted by Gasteiger charge is 2.34. The molecule has 30 heavy (non-hydrogen) atoms. The first-order valence-corrected chi connectivity index (χ1v) is 11.4. The maximum Gasteiger partial charge on any atom is 0.338 e. The third kappa shape index (κ3) is 3.93. The van der Waals surface area contributed by atoms with Crippen molar-refractivity contribution in [1.29, 1.82) is 0 Å². The van der Waals surface area contributed by atoms with Gasteiger partial charge in [0.1, 0.15) is 6.04 Å². The topological polar surface area (TPSA) is 60.7 Å². The molecule has 3 heterocycles. The van der Waals surface area contributed by atoms with Gasteiger partial charge >= 0.3 is 5.97 Å². The van der Waals surface area contributed by atoms with Crippen LogP contribution in [0, 0.1) is 0 Å². The molecule has 0 spiro atoms. The van der Waals surface area contributed by atoms with E-state index >= 15 is 0 Å². The van der Waals surface area contributed by atoms with Gasteiger partial charge in [-0.2, -0.15) is 0 Å². The number of carbonyl (C=O) groups excluding carboxylic acids is 1. The van der Waals surface area contributed by atoms with Crippen LogP contribution in [0.3, 0.4) is 0 Å². The number of carbonyl (C=O) groups is 1. The van der Waals surface area contributed by atoms with Crippen molar-refractivity contribution in [1.82, 2.24) is 4.57 Å². The largest absolute Gasteiger partial charge is 0.459 e. The average Bonchev–Trinajstić information content (AvgIpc) is 3.29. The van der Waals surface area contributed by atoms with Crippen molar-refractivity contribution in [2.75, 3.05) is 0 Å². The van der Waals surface area contributed by atoms with Gasteiger partial charge in [0.25, 0.3) is 5.56 Å². The molecular weight excluding hydrogens is 440 g/mol. The monoisotopic (exact) mass is 458 g/mol. The average molecular weight is 459 g/mol. The molecule has 1 atom stereocenters. The zero-order chi connectivity index (χ0) is 21.4. The van der Waals surface area contributed by atoms with Gasteiger partial charge in [-0.1, -0.05) is 41.1 Å². The zero-order valence-electron chi connectivity index (χ0n) is 16.6. The van der Waals surface area contributed by atoms with E-state index in [4.69, 9.17) is 16.3 Å². The van der Waals surface area contributed by atoms with Crippen molar-refractivity contribution >= 4 is 46.3 Å². The molecular formula is C22H19ClN2O3S2. The van der Waals surface area contributed by atoms with Crippen LogP contribution in [0.5, 0.6) is 0 Å². The number of hydrogen-bond donors (Lipinski definition) is 0. The highest BCUT2D eigenvalue weighted by molar-refractivity contribution is 7.10. The number of allylic oxidation sites excluding steroid dienone is 1. The van der Waals surface area contributed by atoms with Crippen molar-refractivity contribution in [3.63, 3.8) is 0 Å². The molecule has 0 radical (unpaired) electrons. The number of rotatable bonds is 4. The Morgan fingerprint density at radius 2 is 2.10 bits per heavy atom. The fraction of sp³-hybridized carbons (Fsp3) is 0.227. The first-order valence-electron chi connectivity index (χ1n) is 9.37. The van der Waals surface area contributed by atoms with E-state index in [9.17, 15) is 9.59 Å². The molecule has 8 heteroatoms. The minimum Gasteiger partial charge on any atom is -0.459 e. The number of nitrogens with zero attached hydrogens (tertiary/aromatic N) is 2. The molecule has 5 nitrogen and oxygen atoms in total. The molecule has 0 N–H and O–H groups in total. The maximum absolute atomic E-state index is 13.4. The summed E-state index contributed by atoms with van der Waals surface area (Å²) in [6, 6.07) is 10.6. The standard InChI is InChI=1S/C22H19ClN2O3S2/c1-12(2)28-21(27)18-13(3)24-22-25(19(18)16-8-5-9-29-16)20(26)17(30-22)11-14-6-4-7-15(23)10-14/h4-12,19H,1-3H3/b17-11+/t19-/m0/s1. The van der Waals surface area contributed by atoms with Gasteiger partial charge in [0, 0.05) is 9.90 Å². The second-order valence-corrected chi connectivity index (χ2v) is 9.53. The Bertz CT molecular complexity index is 1320. The molecule has 154 valence electrons. The van der Waals surface area contributed by atoms with E-state index in [0.29, 0.717) is 25.6 Å². The molecule has 0 saturated carbocycles. The first kappa shape index (κ1) is 20.8. The number of fused-ring (bicyclic) bond motifs is 1. The second kappa shape index (κ2) is 8.34. The van der Waals surface area contributed by atoms with Crippen molar-refractivity contribution < 1.29 is 9.53 Å². The minimum atomic E-state index is -0.561. The zero-order valence-corrected chi connectivity index (χ0v) is 19.0. The molecule has 0 amide bonds. The van der Waals surface area contributed by atoms with Crippen LogP contribution in [0.2, 0.25) is 5.02 Å². The molecule has 0 saturated heterocycles. The Balaban J connectivity index is 1.93. The summed E-state index contributed by atoms with van der Waals surface area (Å²) in [5.74, 6) is -0.450. The summed E-state index contributed by atoms with van der Waals surface area (Å²) >= 11 is 8.87. The van der Waals surface area contributed by atoms with Gasteiger partial charge < -0.3 is 4.74 Å². The maximum atomic E-state index is 13.4. The number of halogens is 1. The van der Waals surface area contributed by atoms with Gasteiger partial charge in [-0.25, -0.2) is 9.79 Å². The number of esters is 1. The summed E-state index contributed by atoms with van der Waals surface area (Å²) in [6.07, 6.45) is 1.53. The van der Waals surface area contributed by atoms with Gasteiger partial charge in [-0.05, 0) is 56.0 Å². The predicted octanol–water partition coefficient (Wildman–Crippen LogP) is 3.90. The lowest BCUT2D eigenvalue weighted by atomic mass is 10.0. The molecule has 0 bridgehead atoms. The summed E-state index contributed by atoms with van der Waals surface area (Å²) < 4.78 is 7.60. The van der Waals surface area contributed by atoms with E-state index in [-0.39, 0.29) is 11.7 Å². The van der Waals surface area contributed by atoms with Crippen LogP contribution in [0.15, 0.2) is 62.8 Å². The number of aromatic nitrogens is 1. The van der Waals surface area contributed by atoms with Gasteiger partial charge in [0.2, 0.25) is 0 Å². The molecule has 1 aliphatic rings. The summed E-state index contributed by atoms with van der Waals surface area (Å²) in [7, 11) is 0. The Morgan fingerprint density at radius 3 is 2.77 bits per heavy atom. The van der Waals surface area contributed by atoms with Crippen LogP contribution in [0.4, 0.5) is 0 Å². The molecule has 3 aromatic rings. The van der Waals surface area contributed by atoms with Crippen molar-refractivity contribution in [3.8, 4) is 0 Å². The van der Waals surface area contributed by atoms with Gasteiger partial charge in [0.05, 0.1) is 21.9 Å². The number of hydrogen-bond acceptors (Lipinski definition) is 6. The summed E-state index contributed by atoms with van der Waals surface area (Å²) in [5, 5.41) is 2.53. The van der Waals surface area contributed by atoms with E-state index in [0.717, 1.165) is 10.4 Å². The fourth-order valence-corrected chi connectivity index (χ4v) is 5.39. The van der Waals surface area contributed by atoms with Crippen LogP contribution in [0.25, 0.3) is 6.08 Å². The van der Waals surface area contributed by atoms with Crippen molar-refractivity contribution in [3.05, 3.63) is 88.2 Å². The van der Waals surface area contributed by atoms with Crippen molar-refractivity contribution in [2.45, 2.75) is 32.9 Å². The van der Waals surface area contributed by atoms with Crippen LogP contribution >= 0.6 is 34.3 Å². The summed E-state index contributed by atoms with van der Waals surface area (Å²) in [5.41, 5.74) is 1.59. The molecule has 0 aliphatic carbocycles. The molecule has 1 aromatic carbocycles. The van der Waals surface area contributed by atoms with Crippen LogP contribution in [0.1, 0.15) is 37.3 Å². The highest BCUT2D eigenvalue weighted by Crippen LogP contribution is 2.33. The first-order chi connectivity index (χ1) is 14.3. The van der Waals surface area contributed by atoms with E-state index in [1.807, 2.05) is 29.6 Å². The third-order valence-electron chi connectivity index (χ3n) is 4.54. The Hall–Kier alpha value is -2.48. The quantitative estimate of drug-likeness (QED) is 0.557. The van der Waals surface area contributed by atoms with Crippen LogP contribution in [-0.2, 0) is 9.53 Å². The smallest absolute Gasteiger partial charge is 0.338 e. The molecule has 4 rings (SSSR count). The van der Waals surface area contributed by atoms with Crippen molar-refractivity contribution in [2.24, 2.45) is 4.99 Å². The highest BCUT2D eigenvalue weighted by atomic mass is 35.5. The second-order valence-electron chi connectivity index (χ2n) is 7.11. The molecule has 0 fully saturated rings. The Labute approximate surface area is 186 Å². The molecule has 1 aliphatic heterocycles. The van der Waals surface area contributed by atoms with Crippen LogP contribution in [-0.4, -0.2) is 16.6 Å². The predicted molar refractivity (Wildman–Crippen MR) is 121 cm³/mol. The lowest BCUT2D eigenvalue weighted by Gasteiger charge is -2.24. The number of thiazole rings is 1. The van der Waals surface area contributed by atoms with Gasteiger partial charge in [-0.3, -0.25) is 9.36 Å². The van der Waals surface area contributed by atoms with Crippen LogP contribution < -0.4 is 14.9 Å². The van der Waals surface area contributed by atoms with E-state index in [1.54, 1.807) is 43.5 Å². The number of ether oxygens (including phenoxy) is 1.